The maximum Gasteiger partial charge on any atom is 0.433 e. The lowest BCUT2D eigenvalue weighted by Gasteiger charge is -2.12. The van der Waals surface area contributed by atoms with Crippen molar-refractivity contribution in [2.45, 2.75) is 19.5 Å². The molecule has 3 aromatic carbocycles. The van der Waals surface area contributed by atoms with Crippen LogP contribution in [0.5, 0.6) is 11.5 Å². The molecule has 0 atom stereocenters. The number of hydrogen-bond donors (Lipinski definition) is 0. The Bertz CT molecular complexity index is 1520. The molecule has 0 radical (unpaired) electrons. The molecule has 0 spiro atoms. The maximum atomic E-state index is 13.6. The summed E-state index contributed by atoms with van der Waals surface area (Å²) in [6, 6.07) is 23.5. The normalized spacial score (nSPS) is 10.8. The smallest absolute Gasteiger partial charge is 0.433 e. The van der Waals surface area contributed by atoms with Crippen molar-refractivity contribution in [2.24, 2.45) is 0 Å². The number of alkyl halides is 3. The van der Waals surface area contributed by atoms with E-state index in [1.54, 1.807) is 42.1 Å². The SMILES string of the molecule is CCc1cnn(-c2ccc(-c3cn(-c4ccc(Oc5ccccc5)cc4)nn3)cc2)c1C(F)(F)F.O=C=O. The zero-order valence-corrected chi connectivity index (χ0v) is 20.0. The fourth-order valence-electron chi connectivity index (χ4n) is 3.73. The molecule has 8 nitrogen and oxygen atoms in total. The zero-order valence-electron chi connectivity index (χ0n) is 20.0. The fraction of sp³-hybridized carbons (Fsp3) is 0.111. The van der Waals surface area contributed by atoms with Gasteiger partial charge in [-0.1, -0.05) is 42.5 Å². The van der Waals surface area contributed by atoms with Crippen LogP contribution in [0, 0.1) is 0 Å². The first-order valence-electron chi connectivity index (χ1n) is 11.3. The molecule has 0 aliphatic carbocycles. The molecule has 0 amide bonds. The van der Waals surface area contributed by atoms with Gasteiger partial charge in [0.25, 0.3) is 0 Å². The van der Waals surface area contributed by atoms with Crippen LogP contribution < -0.4 is 4.74 Å². The lowest BCUT2D eigenvalue weighted by Crippen LogP contribution is -2.15. The first-order chi connectivity index (χ1) is 18.3. The average molecular weight is 519 g/mol. The van der Waals surface area contributed by atoms with Gasteiger partial charge in [-0.3, -0.25) is 0 Å². The summed E-state index contributed by atoms with van der Waals surface area (Å²) in [6.07, 6.45) is -0.981. The van der Waals surface area contributed by atoms with Gasteiger partial charge in [-0.05, 0) is 55.0 Å². The van der Waals surface area contributed by atoms with E-state index in [2.05, 4.69) is 15.4 Å². The molecule has 0 fully saturated rings. The van der Waals surface area contributed by atoms with E-state index < -0.39 is 11.9 Å². The number of carbonyl (C=O) groups excluding carboxylic acids is 2. The molecule has 0 aliphatic rings. The lowest BCUT2D eigenvalue weighted by molar-refractivity contribution is -0.191. The first-order valence-corrected chi connectivity index (χ1v) is 11.3. The lowest BCUT2D eigenvalue weighted by atomic mass is 10.1. The molecule has 0 saturated carbocycles. The number of para-hydroxylation sites is 1. The molecule has 2 heterocycles. The molecule has 5 rings (SSSR count). The van der Waals surface area contributed by atoms with Crippen LogP contribution in [0.2, 0.25) is 0 Å². The van der Waals surface area contributed by atoms with Crippen LogP contribution in [0.3, 0.4) is 0 Å². The van der Waals surface area contributed by atoms with Crippen LogP contribution in [0.25, 0.3) is 22.6 Å². The Balaban J connectivity index is 0.00000107. The predicted octanol–water partition coefficient (Wildman–Crippen LogP) is 5.91. The minimum Gasteiger partial charge on any atom is -0.457 e. The monoisotopic (exact) mass is 519 g/mol. The number of aromatic nitrogens is 5. The van der Waals surface area contributed by atoms with Gasteiger partial charge in [0.2, 0.25) is 0 Å². The number of aryl methyl sites for hydroxylation is 1. The summed E-state index contributed by atoms with van der Waals surface area (Å²) in [5, 5.41) is 12.3. The van der Waals surface area contributed by atoms with Crippen molar-refractivity contribution < 1.29 is 27.5 Å². The van der Waals surface area contributed by atoms with Crippen LogP contribution in [0.15, 0.2) is 91.3 Å². The summed E-state index contributed by atoms with van der Waals surface area (Å²) >= 11 is 0. The number of nitrogens with zero attached hydrogens (tertiary/aromatic N) is 5. The topological polar surface area (TPSA) is 91.9 Å². The van der Waals surface area contributed by atoms with Gasteiger partial charge in [0.1, 0.15) is 17.2 Å². The Morgan fingerprint density at radius 3 is 2.08 bits per heavy atom. The van der Waals surface area contributed by atoms with Crippen molar-refractivity contribution in [3.63, 3.8) is 0 Å². The standard InChI is InChI=1S/C26H20F3N5O.CO2/c1-2-18-16-30-34(25(18)26(27,28)29)21-10-8-19(9-11-21)24-17-33(32-31-24)20-12-14-23(15-13-20)35-22-6-4-3-5-7-22;2-1-3/h3-17H,2H2,1H3;. The number of benzene rings is 3. The van der Waals surface area contributed by atoms with Crippen molar-refractivity contribution >= 4 is 6.15 Å². The van der Waals surface area contributed by atoms with E-state index in [0.717, 1.165) is 21.7 Å². The second kappa shape index (κ2) is 11.4. The predicted molar refractivity (Wildman–Crippen MR) is 130 cm³/mol. The van der Waals surface area contributed by atoms with Crippen molar-refractivity contribution in [3.8, 4) is 34.1 Å². The van der Waals surface area contributed by atoms with Crippen LogP contribution in [0.4, 0.5) is 13.2 Å². The van der Waals surface area contributed by atoms with Crippen molar-refractivity contribution in [3.05, 3.63) is 103 Å². The number of halogens is 3. The maximum absolute atomic E-state index is 13.6. The van der Waals surface area contributed by atoms with E-state index in [0.29, 0.717) is 17.1 Å². The van der Waals surface area contributed by atoms with E-state index in [4.69, 9.17) is 14.3 Å². The molecule has 11 heteroatoms. The highest BCUT2D eigenvalue weighted by molar-refractivity contribution is 5.60. The molecule has 2 aromatic heterocycles. The fourth-order valence-corrected chi connectivity index (χ4v) is 3.73. The molecular formula is C27H20F3N5O3. The summed E-state index contributed by atoms with van der Waals surface area (Å²) in [7, 11) is 0. The van der Waals surface area contributed by atoms with E-state index in [1.807, 2.05) is 54.6 Å². The Morgan fingerprint density at radius 1 is 0.868 bits per heavy atom. The van der Waals surface area contributed by atoms with E-state index in [-0.39, 0.29) is 18.1 Å². The van der Waals surface area contributed by atoms with Gasteiger partial charge < -0.3 is 4.74 Å². The minimum absolute atomic E-state index is 0.157. The van der Waals surface area contributed by atoms with Crippen molar-refractivity contribution in [1.82, 2.24) is 24.8 Å². The van der Waals surface area contributed by atoms with Gasteiger partial charge in [-0.25, -0.2) is 9.36 Å². The van der Waals surface area contributed by atoms with E-state index in [1.165, 1.54) is 6.20 Å². The second-order valence-electron chi connectivity index (χ2n) is 7.87. The molecule has 5 aromatic rings. The van der Waals surface area contributed by atoms with Crippen LogP contribution in [-0.4, -0.2) is 30.9 Å². The highest BCUT2D eigenvalue weighted by atomic mass is 19.4. The molecule has 0 saturated heterocycles. The van der Waals surface area contributed by atoms with E-state index >= 15 is 0 Å². The van der Waals surface area contributed by atoms with Crippen molar-refractivity contribution in [1.29, 1.82) is 0 Å². The molecule has 0 bridgehead atoms. The average Bonchev–Trinajstić information content (AvgIpc) is 3.58. The summed E-state index contributed by atoms with van der Waals surface area (Å²) in [5.41, 5.74) is 1.83. The van der Waals surface area contributed by atoms with Gasteiger partial charge >= 0.3 is 12.3 Å². The summed E-state index contributed by atoms with van der Waals surface area (Å²) in [6.45, 7) is 1.67. The Labute approximate surface area is 214 Å². The molecule has 38 heavy (non-hydrogen) atoms. The largest absolute Gasteiger partial charge is 0.457 e. The highest BCUT2D eigenvalue weighted by Gasteiger charge is 2.38. The van der Waals surface area contributed by atoms with Crippen molar-refractivity contribution in [2.75, 3.05) is 0 Å². The highest BCUT2D eigenvalue weighted by Crippen LogP contribution is 2.34. The number of rotatable bonds is 6. The van der Waals surface area contributed by atoms with Gasteiger partial charge in [0, 0.05) is 11.1 Å². The van der Waals surface area contributed by atoms with Crippen LogP contribution in [0.1, 0.15) is 18.2 Å². The van der Waals surface area contributed by atoms with E-state index in [9.17, 15) is 13.2 Å². The Morgan fingerprint density at radius 2 is 1.47 bits per heavy atom. The third-order valence-electron chi connectivity index (χ3n) is 5.48. The molecule has 192 valence electrons. The zero-order chi connectivity index (χ0) is 27.1. The third-order valence-corrected chi connectivity index (χ3v) is 5.48. The minimum atomic E-state index is -4.50. The van der Waals surface area contributed by atoms with Gasteiger partial charge in [0.05, 0.1) is 23.8 Å². The second-order valence-corrected chi connectivity index (χ2v) is 7.87. The quantitative estimate of drug-likeness (QED) is 0.277. The first kappa shape index (κ1) is 26.1. The molecule has 0 unspecified atom stereocenters. The molecule has 0 N–H and O–H groups in total. The molecule has 0 aliphatic heterocycles. The summed E-state index contributed by atoms with van der Waals surface area (Å²) in [4.78, 5) is 16.2. The van der Waals surface area contributed by atoms with Crippen LogP contribution in [-0.2, 0) is 22.2 Å². The van der Waals surface area contributed by atoms with Gasteiger partial charge in [0.15, 0.2) is 5.69 Å². The number of ether oxygens (including phenoxy) is 1. The Hall–Kier alpha value is -5.02. The van der Waals surface area contributed by atoms with Crippen LogP contribution >= 0.6 is 0 Å². The molecular weight excluding hydrogens is 499 g/mol. The summed E-state index contributed by atoms with van der Waals surface area (Å²) in [5.74, 6) is 1.44. The van der Waals surface area contributed by atoms with Gasteiger partial charge in [-0.15, -0.1) is 5.10 Å². The summed E-state index contributed by atoms with van der Waals surface area (Å²) < 4.78 is 49.1. The van der Waals surface area contributed by atoms with Gasteiger partial charge in [-0.2, -0.15) is 27.9 Å². The third kappa shape index (κ3) is 5.85. The number of hydrogen-bond acceptors (Lipinski definition) is 6. The Kier molecular flexibility index (Phi) is 7.79.